The third-order valence-corrected chi connectivity index (χ3v) is 5.91. The maximum atomic E-state index is 12.9. The second-order valence-electron chi connectivity index (χ2n) is 7.47. The smallest absolute Gasteiger partial charge is 0.343 e. The van der Waals surface area contributed by atoms with Gasteiger partial charge in [0.05, 0.1) is 11.3 Å². The molecule has 0 spiro atoms. The van der Waals surface area contributed by atoms with E-state index in [-0.39, 0.29) is 10.7 Å². The molecule has 0 aromatic heterocycles. The molecule has 33 heavy (non-hydrogen) atoms. The maximum Gasteiger partial charge on any atom is 0.343 e. The fraction of sp³-hybridized carbons (Fsp3) is 0.0800. The van der Waals surface area contributed by atoms with Crippen molar-refractivity contribution in [2.24, 2.45) is 0 Å². The van der Waals surface area contributed by atoms with Crippen LogP contribution < -0.4 is 15.0 Å². The van der Waals surface area contributed by atoms with E-state index < -0.39 is 17.8 Å². The number of anilines is 2. The van der Waals surface area contributed by atoms with Crippen LogP contribution in [0.1, 0.15) is 21.5 Å². The Balaban J connectivity index is 1.48. The number of nitrogens with zero attached hydrogens (tertiary/aromatic N) is 1. The van der Waals surface area contributed by atoms with Gasteiger partial charge < -0.3 is 10.1 Å². The molecule has 0 saturated heterocycles. The Labute approximate surface area is 203 Å². The van der Waals surface area contributed by atoms with Gasteiger partial charge in [-0.2, -0.15) is 0 Å². The molecular weight excluding hydrogens is 508 g/mol. The first-order valence-electron chi connectivity index (χ1n) is 9.95. The highest BCUT2D eigenvalue weighted by Gasteiger charge is 2.38. The van der Waals surface area contributed by atoms with Gasteiger partial charge in [0.25, 0.3) is 11.8 Å². The van der Waals surface area contributed by atoms with Crippen LogP contribution >= 0.6 is 27.5 Å². The zero-order chi connectivity index (χ0) is 23.7. The number of aryl methyl sites for hydroxylation is 2. The molecule has 0 atom stereocenters. The molecule has 3 aromatic carbocycles. The van der Waals surface area contributed by atoms with E-state index in [4.69, 9.17) is 16.3 Å². The highest BCUT2D eigenvalue weighted by atomic mass is 79.9. The summed E-state index contributed by atoms with van der Waals surface area (Å²) in [6, 6.07) is 18.6. The SMILES string of the molecule is Cc1ccc(OC(=O)c2ccc(NC3=C(Cl)C(=O)N(c4ccc(Br)cc4)C3=O)cc2)c(C)c1. The average Bonchev–Trinajstić information content (AvgIpc) is 3.00. The van der Waals surface area contributed by atoms with Crippen molar-refractivity contribution in [3.8, 4) is 5.75 Å². The average molecular weight is 526 g/mol. The van der Waals surface area contributed by atoms with Crippen molar-refractivity contribution in [1.82, 2.24) is 0 Å². The molecule has 1 aliphatic rings. The van der Waals surface area contributed by atoms with Gasteiger partial charge in [-0.1, -0.05) is 45.2 Å². The topological polar surface area (TPSA) is 75.7 Å². The normalized spacial score (nSPS) is 13.5. The van der Waals surface area contributed by atoms with Gasteiger partial charge in [-0.25, -0.2) is 9.69 Å². The summed E-state index contributed by atoms with van der Waals surface area (Å²) >= 11 is 9.49. The Kier molecular flexibility index (Phi) is 6.35. The van der Waals surface area contributed by atoms with E-state index in [0.717, 1.165) is 20.5 Å². The van der Waals surface area contributed by atoms with Crippen molar-refractivity contribution >= 4 is 56.7 Å². The number of halogens is 2. The Bertz CT molecular complexity index is 1300. The van der Waals surface area contributed by atoms with Crippen LogP contribution in [0.5, 0.6) is 5.75 Å². The van der Waals surface area contributed by atoms with Crippen LogP contribution in [-0.2, 0) is 9.59 Å². The molecule has 0 saturated carbocycles. The van der Waals surface area contributed by atoms with E-state index in [2.05, 4.69) is 21.2 Å². The Morgan fingerprint density at radius 1 is 0.939 bits per heavy atom. The van der Waals surface area contributed by atoms with Crippen LogP contribution in [0.3, 0.4) is 0 Å². The molecule has 8 heteroatoms. The third kappa shape index (κ3) is 4.69. The molecule has 3 aromatic rings. The predicted molar refractivity (Wildman–Crippen MR) is 130 cm³/mol. The van der Waals surface area contributed by atoms with Crippen molar-refractivity contribution in [3.63, 3.8) is 0 Å². The van der Waals surface area contributed by atoms with Gasteiger partial charge >= 0.3 is 5.97 Å². The lowest BCUT2D eigenvalue weighted by atomic mass is 10.1. The fourth-order valence-corrected chi connectivity index (χ4v) is 3.82. The van der Waals surface area contributed by atoms with Gasteiger partial charge in [0.15, 0.2) is 0 Å². The van der Waals surface area contributed by atoms with Gasteiger partial charge in [0.2, 0.25) is 0 Å². The standard InChI is InChI=1S/C25H18BrClN2O4/c1-14-3-12-20(15(2)13-14)33-25(32)16-4-8-18(9-5-16)28-22-21(27)23(30)29(24(22)31)19-10-6-17(26)7-11-19/h3-13,28H,1-2H3. The first-order chi connectivity index (χ1) is 15.7. The zero-order valence-corrected chi connectivity index (χ0v) is 20.0. The molecule has 166 valence electrons. The van der Waals surface area contributed by atoms with E-state index in [0.29, 0.717) is 22.7 Å². The lowest BCUT2D eigenvalue weighted by Crippen LogP contribution is -2.32. The number of benzene rings is 3. The second kappa shape index (κ2) is 9.21. The largest absolute Gasteiger partial charge is 0.423 e. The fourth-order valence-electron chi connectivity index (χ4n) is 3.34. The number of carbonyl (C=O) groups excluding carboxylic acids is 3. The van der Waals surface area contributed by atoms with Crippen molar-refractivity contribution in [1.29, 1.82) is 0 Å². The number of ether oxygens (including phenoxy) is 1. The number of carbonyl (C=O) groups is 3. The molecule has 2 amide bonds. The summed E-state index contributed by atoms with van der Waals surface area (Å²) in [6.07, 6.45) is 0. The summed E-state index contributed by atoms with van der Waals surface area (Å²) in [5.41, 5.74) is 3.15. The lowest BCUT2D eigenvalue weighted by molar-refractivity contribution is -0.120. The number of esters is 1. The number of nitrogens with one attached hydrogen (secondary N) is 1. The number of imide groups is 1. The molecule has 0 bridgehead atoms. The minimum absolute atomic E-state index is 0.0322. The first kappa shape index (κ1) is 22.8. The van der Waals surface area contributed by atoms with Crippen LogP contribution in [0.2, 0.25) is 0 Å². The third-order valence-electron chi connectivity index (χ3n) is 5.04. The Hall–Kier alpha value is -3.42. The summed E-state index contributed by atoms with van der Waals surface area (Å²) in [6.45, 7) is 3.84. The maximum absolute atomic E-state index is 12.9. The minimum atomic E-state index is -0.611. The van der Waals surface area contributed by atoms with E-state index >= 15 is 0 Å². The highest BCUT2D eigenvalue weighted by molar-refractivity contribution is 9.10. The summed E-state index contributed by atoms with van der Waals surface area (Å²) in [5, 5.41) is 2.68. The van der Waals surface area contributed by atoms with Crippen molar-refractivity contribution < 1.29 is 19.1 Å². The molecule has 1 aliphatic heterocycles. The lowest BCUT2D eigenvalue weighted by Gasteiger charge is -2.15. The van der Waals surface area contributed by atoms with E-state index in [1.807, 2.05) is 26.0 Å². The molecule has 4 rings (SSSR count). The molecule has 1 heterocycles. The van der Waals surface area contributed by atoms with Crippen LogP contribution in [0.4, 0.5) is 11.4 Å². The van der Waals surface area contributed by atoms with Crippen LogP contribution in [-0.4, -0.2) is 17.8 Å². The van der Waals surface area contributed by atoms with Gasteiger partial charge in [-0.15, -0.1) is 0 Å². The molecule has 6 nitrogen and oxygen atoms in total. The summed E-state index contributed by atoms with van der Waals surface area (Å²) < 4.78 is 6.30. The molecule has 0 aliphatic carbocycles. The van der Waals surface area contributed by atoms with Crippen LogP contribution in [0, 0.1) is 13.8 Å². The highest BCUT2D eigenvalue weighted by Crippen LogP contribution is 2.31. The second-order valence-corrected chi connectivity index (χ2v) is 8.77. The number of amides is 2. The van der Waals surface area contributed by atoms with Gasteiger partial charge in [0.1, 0.15) is 16.5 Å². The van der Waals surface area contributed by atoms with E-state index in [1.54, 1.807) is 54.6 Å². The minimum Gasteiger partial charge on any atom is -0.423 e. The van der Waals surface area contributed by atoms with E-state index in [9.17, 15) is 14.4 Å². The zero-order valence-electron chi connectivity index (χ0n) is 17.7. The van der Waals surface area contributed by atoms with Gasteiger partial charge in [-0.3, -0.25) is 9.59 Å². The van der Waals surface area contributed by atoms with E-state index in [1.165, 1.54) is 0 Å². The van der Waals surface area contributed by atoms with Crippen molar-refractivity contribution in [3.05, 3.63) is 98.6 Å². The predicted octanol–water partition coefficient (Wildman–Crippen LogP) is 5.72. The Morgan fingerprint density at radius 2 is 1.61 bits per heavy atom. The molecule has 1 N–H and O–H groups in total. The van der Waals surface area contributed by atoms with Gasteiger partial charge in [-0.05, 0) is 74.0 Å². The molecule has 0 fully saturated rings. The van der Waals surface area contributed by atoms with Gasteiger partial charge in [0, 0.05) is 10.2 Å². The summed E-state index contributed by atoms with van der Waals surface area (Å²) in [7, 11) is 0. The number of rotatable bonds is 5. The number of hydrogen-bond donors (Lipinski definition) is 1. The Morgan fingerprint density at radius 3 is 2.24 bits per heavy atom. The molecule has 0 unspecified atom stereocenters. The van der Waals surface area contributed by atoms with Crippen LogP contribution in [0.15, 0.2) is 81.9 Å². The molecule has 0 radical (unpaired) electrons. The van der Waals surface area contributed by atoms with Crippen LogP contribution in [0.25, 0.3) is 0 Å². The monoisotopic (exact) mass is 524 g/mol. The number of hydrogen-bond acceptors (Lipinski definition) is 5. The molecular formula is C25H18BrClN2O4. The summed E-state index contributed by atoms with van der Waals surface area (Å²) in [5.74, 6) is -1.18. The van der Waals surface area contributed by atoms with Crippen molar-refractivity contribution in [2.75, 3.05) is 10.2 Å². The van der Waals surface area contributed by atoms with Crippen molar-refractivity contribution in [2.45, 2.75) is 13.8 Å². The summed E-state index contributed by atoms with van der Waals surface area (Å²) in [4.78, 5) is 38.9. The first-order valence-corrected chi connectivity index (χ1v) is 11.1. The quantitative estimate of drug-likeness (QED) is 0.262.